The predicted octanol–water partition coefficient (Wildman–Crippen LogP) is 4.47. The van der Waals surface area contributed by atoms with E-state index in [0.29, 0.717) is 55.9 Å². The van der Waals surface area contributed by atoms with Crippen molar-refractivity contribution in [2.75, 3.05) is 37.9 Å². The lowest BCUT2D eigenvalue weighted by Gasteiger charge is -2.24. The maximum absolute atomic E-state index is 12.6. The van der Waals surface area contributed by atoms with Crippen molar-refractivity contribution in [3.63, 3.8) is 0 Å². The van der Waals surface area contributed by atoms with E-state index in [1.807, 2.05) is 54.6 Å². The Balaban J connectivity index is 1.67. The van der Waals surface area contributed by atoms with Gasteiger partial charge in [0.15, 0.2) is 5.75 Å². The first-order valence-electron chi connectivity index (χ1n) is 10.9. The number of pyridine rings is 1. The van der Waals surface area contributed by atoms with Gasteiger partial charge in [-0.3, -0.25) is 9.78 Å². The zero-order valence-electron chi connectivity index (χ0n) is 19.2. The van der Waals surface area contributed by atoms with Crippen molar-refractivity contribution >= 4 is 11.6 Å². The van der Waals surface area contributed by atoms with Crippen LogP contribution in [0.5, 0.6) is 17.2 Å². The topological polar surface area (TPSA) is 70.1 Å². The van der Waals surface area contributed by atoms with E-state index in [1.165, 1.54) is 6.92 Å². The Morgan fingerprint density at radius 2 is 1.68 bits per heavy atom. The Bertz CT molecular complexity index is 1080. The van der Waals surface area contributed by atoms with E-state index < -0.39 is 0 Å². The van der Waals surface area contributed by atoms with Crippen LogP contribution < -0.4 is 14.4 Å². The molecular weight excluding hydrogens is 432 g/mol. The number of terminal acetylenes is 1. The molecule has 0 fully saturated rings. The monoisotopic (exact) mass is 460 g/mol. The molecule has 7 heteroatoms. The van der Waals surface area contributed by atoms with Gasteiger partial charge in [0.25, 0.3) is 0 Å². The molecule has 2 aromatic carbocycles. The van der Waals surface area contributed by atoms with E-state index >= 15 is 0 Å². The molecule has 0 N–H and O–H groups in total. The smallest absolute Gasteiger partial charge is 0.224 e. The highest BCUT2D eigenvalue weighted by atomic mass is 16.5. The summed E-state index contributed by atoms with van der Waals surface area (Å²) in [5.41, 5.74) is 1.42. The second-order valence-electron chi connectivity index (χ2n) is 7.19. The summed E-state index contributed by atoms with van der Waals surface area (Å²) in [4.78, 5) is 18.5. The summed E-state index contributed by atoms with van der Waals surface area (Å²) in [5, 5.41) is 0. The Morgan fingerprint density at radius 1 is 0.941 bits per heavy atom. The minimum atomic E-state index is -0.143. The third-order valence-corrected chi connectivity index (χ3v) is 4.75. The summed E-state index contributed by atoms with van der Waals surface area (Å²) in [6, 6.07) is 18.7. The van der Waals surface area contributed by atoms with Crippen LogP contribution in [-0.4, -0.2) is 43.9 Å². The minimum Gasteiger partial charge on any atom is -0.491 e. The molecule has 1 amide bonds. The van der Waals surface area contributed by atoms with Crippen LogP contribution in [0.15, 0.2) is 73.1 Å². The second kappa shape index (κ2) is 13.6. The summed E-state index contributed by atoms with van der Waals surface area (Å²) in [5.74, 6) is 4.15. The average Bonchev–Trinajstić information content (AvgIpc) is 2.86. The number of nitrogens with zero attached hydrogens (tertiary/aromatic N) is 2. The molecule has 0 bridgehead atoms. The number of rotatable bonds is 13. The maximum atomic E-state index is 12.6. The molecule has 3 rings (SSSR count). The molecule has 1 heterocycles. The Morgan fingerprint density at radius 3 is 2.47 bits per heavy atom. The van der Waals surface area contributed by atoms with E-state index in [1.54, 1.807) is 23.4 Å². The van der Waals surface area contributed by atoms with Crippen LogP contribution in [0.25, 0.3) is 0 Å². The van der Waals surface area contributed by atoms with Gasteiger partial charge in [0.1, 0.15) is 30.4 Å². The highest BCUT2D eigenvalue weighted by Crippen LogP contribution is 2.33. The fourth-order valence-corrected chi connectivity index (χ4v) is 3.15. The van der Waals surface area contributed by atoms with E-state index in [9.17, 15) is 4.79 Å². The third kappa shape index (κ3) is 7.62. The van der Waals surface area contributed by atoms with Crippen molar-refractivity contribution in [3.8, 4) is 29.6 Å². The van der Waals surface area contributed by atoms with Gasteiger partial charge in [-0.05, 0) is 18.2 Å². The van der Waals surface area contributed by atoms with Crippen LogP contribution in [0.3, 0.4) is 0 Å². The lowest BCUT2D eigenvalue weighted by molar-refractivity contribution is -0.116. The molecule has 0 atom stereocenters. The third-order valence-electron chi connectivity index (χ3n) is 4.75. The van der Waals surface area contributed by atoms with Crippen LogP contribution in [0.2, 0.25) is 0 Å². The predicted molar refractivity (Wildman–Crippen MR) is 130 cm³/mol. The summed E-state index contributed by atoms with van der Waals surface area (Å²) >= 11 is 0. The normalized spacial score (nSPS) is 10.4. The highest BCUT2D eigenvalue weighted by Gasteiger charge is 2.19. The number of carbonyl (C=O) groups excluding carboxylic acids is 1. The number of hydrogen-bond acceptors (Lipinski definition) is 6. The van der Waals surface area contributed by atoms with E-state index in [2.05, 4.69) is 10.9 Å². The number of aromatic nitrogens is 1. The van der Waals surface area contributed by atoms with Gasteiger partial charge < -0.3 is 23.8 Å². The molecule has 0 aliphatic rings. The molecule has 0 aliphatic carbocycles. The quantitative estimate of drug-likeness (QED) is 0.277. The van der Waals surface area contributed by atoms with E-state index in [0.717, 1.165) is 5.56 Å². The standard InChI is InChI=1S/C27H28N2O5/c1-3-15-31-16-17-32-18-19-33-26-12-8-7-9-23(26)21-29(22(2)30)25-20-28-14-13-27(25)34-24-10-5-4-6-11-24/h1,4-14,20H,15-19,21H2,2H3. The van der Waals surface area contributed by atoms with Crippen molar-refractivity contribution in [1.29, 1.82) is 0 Å². The van der Waals surface area contributed by atoms with Gasteiger partial charge in [0.2, 0.25) is 5.91 Å². The molecule has 34 heavy (non-hydrogen) atoms. The molecule has 3 aromatic rings. The zero-order valence-corrected chi connectivity index (χ0v) is 19.2. The molecular formula is C27H28N2O5. The number of ether oxygens (including phenoxy) is 4. The number of carbonyl (C=O) groups is 1. The first-order chi connectivity index (χ1) is 16.7. The Hall–Kier alpha value is -3.86. The number of para-hydroxylation sites is 2. The van der Waals surface area contributed by atoms with Crippen molar-refractivity contribution < 1.29 is 23.7 Å². The summed E-state index contributed by atoms with van der Waals surface area (Å²) < 4.78 is 22.6. The molecule has 176 valence electrons. The van der Waals surface area contributed by atoms with Crippen LogP contribution in [0.1, 0.15) is 12.5 Å². The van der Waals surface area contributed by atoms with Crippen molar-refractivity contribution in [2.24, 2.45) is 0 Å². The molecule has 0 saturated carbocycles. The molecule has 0 radical (unpaired) electrons. The lowest BCUT2D eigenvalue weighted by Crippen LogP contribution is -2.28. The van der Waals surface area contributed by atoms with Crippen molar-refractivity contribution in [1.82, 2.24) is 4.98 Å². The largest absolute Gasteiger partial charge is 0.491 e. The molecule has 0 aliphatic heterocycles. The van der Waals surface area contributed by atoms with E-state index in [-0.39, 0.29) is 12.5 Å². The molecule has 1 aromatic heterocycles. The summed E-state index contributed by atoms with van der Waals surface area (Å²) in [6.45, 7) is 3.73. The minimum absolute atomic E-state index is 0.143. The first-order valence-corrected chi connectivity index (χ1v) is 10.9. The molecule has 0 unspecified atom stereocenters. The number of anilines is 1. The van der Waals surface area contributed by atoms with Crippen molar-refractivity contribution in [2.45, 2.75) is 13.5 Å². The van der Waals surface area contributed by atoms with Gasteiger partial charge in [-0.15, -0.1) is 6.42 Å². The van der Waals surface area contributed by atoms with Gasteiger partial charge in [-0.25, -0.2) is 0 Å². The fourth-order valence-electron chi connectivity index (χ4n) is 3.15. The number of benzene rings is 2. The van der Waals surface area contributed by atoms with E-state index in [4.69, 9.17) is 25.4 Å². The fraction of sp³-hybridized carbons (Fsp3) is 0.259. The zero-order chi connectivity index (χ0) is 24.0. The van der Waals surface area contributed by atoms with Crippen LogP contribution >= 0.6 is 0 Å². The molecule has 0 saturated heterocycles. The van der Waals surface area contributed by atoms with Gasteiger partial charge >= 0.3 is 0 Å². The van der Waals surface area contributed by atoms with Crippen LogP contribution in [-0.2, 0) is 20.8 Å². The summed E-state index contributed by atoms with van der Waals surface area (Å²) in [6.07, 6.45) is 8.39. The van der Waals surface area contributed by atoms with Gasteiger partial charge in [-0.1, -0.05) is 42.3 Å². The molecule has 7 nitrogen and oxygen atoms in total. The Labute approximate surface area is 200 Å². The van der Waals surface area contributed by atoms with Gasteiger partial charge in [0, 0.05) is 24.8 Å². The Kier molecular flexibility index (Phi) is 9.93. The number of amides is 1. The maximum Gasteiger partial charge on any atom is 0.224 e. The molecule has 0 spiro atoms. The summed E-state index contributed by atoms with van der Waals surface area (Å²) in [7, 11) is 0. The number of hydrogen-bond donors (Lipinski definition) is 0. The van der Waals surface area contributed by atoms with Crippen molar-refractivity contribution in [3.05, 3.63) is 78.6 Å². The van der Waals surface area contributed by atoms with Gasteiger partial charge in [-0.2, -0.15) is 0 Å². The SMILES string of the molecule is C#CCOCCOCCOc1ccccc1CN(C(C)=O)c1cnccc1Oc1ccccc1. The van der Waals surface area contributed by atoms with Crippen LogP contribution in [0, 0.1) is 12.3 Å². The highest BCUT2D eigenvalue weighted by molar-refractivity contribution is 5.93. The average molecular weight is 461 g/mol. The van der Waals surface area contributed by atoms with Gasteiger partial charge in [0.05, 0.1) is 32.6 Å². The van der Waals surface area contributed by atoms with Crippen LogP contribution in [0.4, 0.5) is 5.69 Å². The lowest BCUT2D eigenvalue weighted by atomic mass is 10.1. The second-order valence-corrected chi connectivity index (χ2v) is 7.19. The first kappa shape index (κ1) is 24.8.